The van der Waals surface area contributed by atoms with E-state index in [0.717, 1.165) is 35.1 Å². The summed E-state index contributed by atoms with van der Waals surface area (Å²) in [6.45, 7) is 4.26. The summed E-state index contributed by atoms with van der Waals surface area (Å²) in [6.07, 6.45) is 2.20. The van der Waals surface area contributed by atoms with Gasteiger partial charge in [0.25, 0.3) is 0 Å². The predicted octanol–water partition coefficient (Wildman–Crippen LogP) is 3.22. The molecule has 0 radical (unpaired) electrons. The van der Waals surface area contributed by atoms with Crippen LogP contribution in [0.15, 0.2) is 54.1 Å². The van der Waals surface area contributed by atoms with Gasteiger partial charge in [-0.25, -0.2) is 0 Å². The van der Waals surface area contributed by atoms with Crippen LogP contribution in [0.1, 0.15) is 41.7 Å². The molecule has 142 valence electrons. The van der Waals surface area contributed by atoms with E-state index >= 15 is 0 Å². The minimum Gasteiger partial charge on any atom is -0.393 e. The zero-order chi connectivity index (χ0) is 19.0. The molecule has 0 aliphatic carbocycles. The van der Waals surface area contributed by atoms with Crippen molar-refractivity contribution < 1.29 is 19.7 Å². The van der Waals surface area contributed by atoms with Crippen LogP contribution in [0, 0.1) is 0 Å². The SMILES string of the molecule is CCc1ccc(Cc2ccc3c(c2)[C@@]2(OC3)OC(CO)C(C)=C[C@@H]2O)cc1. The Balaban J connectivity index is 1.66. The zero-order valence-corrected chi connectivity index (χ0v) is 15.8. The predicted molar refractivity (Wildman–Crippen MR) is 103 cm³/mol. The molecule has 4 heteroatoms. The summed E-state index contributed by atoms with van der Waals surface area (Å²) in [4.78, 5) is 0. The number of benzene rings is 2. The smallest absolute Gasteiger partial charge is 0.226 e. The van der Waals surface area contributed by atoms with Crippen molar-refractivity contribution in [1.82, 2.24) is 0 Å². The fraction of sp³-hybridized carbons (Fsp3) is 0.391. The van der Waals surface area contributed by atoms with Gasteiger partial charge in [-0.15, -0.1) is 0 Å². The maximum absolute atomic E-state index is 10.7. The molecule has 3 atom stereocenters. The zero-order valence-electron chi connectivity index (χ0n) is 15.8. The van der Waals surface area contributed by atoms with Crippen LogP contribution in [0.4, 0.5) is 0 Å². The highest BCUT2D eigenvalue weighted by molar-refractivity contribution is 5.42. The minimum absolute atomic E-state index is 0.140. The number of aryl methyl sites for hydroxylation is 1. The largest absolute Gasteiger partial charge is 0.393 e. The van der Waals surface area contributed by atoms with Crippen molar-refractivity contribution in [3.05, 3.63) is 81.9 Å². The highest BCUT2D eigenvalue weighted by atomic mass is 16.7. The number of hydrogen-bond acceptors (Lipinski definition) is 4. The van der Waals surface area contributed by atoms with Crippen molar-refractivity contribution in [1.29, 1.82) is 0 Å². The van der Waals surface area contributed by atoms with Gasteiger partial charge < -0.3 is 19.7 Å². The third-order valence-corrected chi connectivity index (χ3v) is 5.63. The van der Waals surface area contributed by atoms with E-state index in [1.807, 2.05) is 6.92 Å². The van der Waals surface area contributed by atoms with Crippen molar-refractivity contribution in [2.45, 2.75) is 51.3 Å². The van der Waals surface area contributed by atoms with Gasteiger partial charge in [0.2, 0.25) is 5.79 Å². The number of rotatable bonds is 4. The summed E-state index contributed by atoms with van der Waals surface area (Å²) in [5.41, 5.74) is 6.42. The van der Waals surface area contributed by atoms with Gasteiger partial charge in [0.05, 0.1) is 13.2 Å². The monoisotopic (exact) mass is 366 g/mol. The van der Waals surface area contributed by atoms with Gasteiger partial charge in [0.15, 0.2) is 0 Å². The molecule has 2 aromatic rings. The molecule has 0 amide bonds. The first-order chi connectivity index (χ1) is 13.1. The maximum atomic E-state index is 10.7. The summed E-state index contributed by atoms with van der Waals surface area (Å²) < 4.78 is 12.0. The Hall–Kier alpha value is -1.98. The van der Waals surface area contributed by atoms with Crippen LogP contribution in [0.2, 0.25) is 0 Å². The molecule has 0 fully saturated rings. The summed E-state index contributed by atoms with van der Waals surface area (Å²) >= 11 is 0. The van der Waals surface area contributed by atoms with Crippen LogP contribution in [-0.4, -0.2) is 29.0 Å². The molecular weight excluding hydrogens is 340 g/mol. The molecule has 0 bridgehead atoms. The lowest BCUT2D eigenvalue weighted by atomic mass is 9.90. The lowest BCUT2D eigenvalue weighted by Crippen LogP contribution is -2.48. The number of aliphatic hydroxyl groups excluding tert-OH is 2. The molecule has 4 nitrogen and oxygen atoms in total. The number of fused-ring (bicyclic) bond motifs is 2. The first-order valence-corrected chi connectivity index (χ1v) is 9.55. The highest BCUT2D eigenvalue weighted by Gasteiger charge is 2.51. The Labute approximate surface area is 160 Å². The second-order valence-corrected chi connectivity index (χ2v) is 7.44. The fourth-order valence-corrected chi connectivity index (χ4v) is 3.94. The Morgan fingerprint density at radius 2 is 1.78 bits per heavy atom. The average molecular weight is 366 g/mol. The van der Waals surface area contributed by atoms with E-state index in [9.17, 15) is 10.2 Å². The standard InChI is InChI=1S/C23H26O4/c1-3-16-4-6-17(7-5-16)11-18-8-9-19-14-26-23(20(19)12-18)22(25)10-15(2)21(13-24)27-23/h4-10,12,21-22,24-25H,3,11,13-14H2,1-2H3/t21?,22-,23+/m0/s1. The van der Waals surface area contributed by atoms with E-state index in [0.29, 0.717) is 6.61 Å². The Morgan fingerprint density at radius 3 is 2.48 bits per heavy atom. The Kier molecular flexibility index (Phi) is 4.91. The molecular formula is C23H26O4. The molecule has 27 heavy (non-hydrogen) atoms. The van der Waals surface area contributed by atoms with Crippen molar-refractivity contribution >= 4 is 0 Å². The third kappa shape index (κ3) is 3.23. The maximum Gasteiger partial charge on any atom is 0.226 e. The Morgan fingerprint density at radius 1 is 1.07 bits per heavy atom. The topological polar surface area (TPSA) is 58.9 Å². The van der Waals surface area contributed by atoms with Gasteiger partial charge in [0, 0.05) is 5.56 Å². The molecule has 2 aliphatic heterocycles. The van der Waals surface area contributed by atoms with Crippen molar-refractivity contribution in [2.24, 2.45) is 0 Å². The molecule has 4 rings (SSSR count). The van der Waals surface area contributed by atoms with Crippen LogP contribution in [-0.2, 0) is 34.7 Å². The van der Waals surface area contributed by atoms with Gasteiger partial charge in [-0.2, -0.15) is 0 Å². The van der Waals surface area contributed by atoms with E-state index in [1.165, 1.54) is 11.1 Å². The van der Waals surface area contributed by atoms with Crippen molar-refractivity contribution in [3.8, 4) is 0 Å². The van der Waals surface area contributed by atoms with Crippen LogP contribution >= 0.6 is 0 Å². The molecule has 0 aromatic heterocycles. The van der Waals surface area contributed by atoms with E-state index in [4.69, 9.17) is 9.47 Å². The van der Waals surface area contributed by atoms with Gasteiger partial charge in [0.1, 0.15) is 12.2 Å². The van der Waals surface area contributed by atoms with Crippen LogP contribution in [0.5, 0.6) is 0 Å². The lowest BCUT2D eigenvalue weighted by molar-refractivity contribution is -0.300. The highest BCUT2D eigenvalue weighted by Crippen LogP contribution is 2.45. The van der Waals surface area contributed by atoms with Gasteiger partial charge in [-0.3, -0.25) is 0 Å². The molecule has 0 saturated carbocycles. The molecule has 2 N–H and O–H groups in total. The first-order valence-electron chi connectivity index (χ1n) is 9.55. The fourth-order valence-electron chi connectivity index (χ4n) is 3.94. The number of aliphatic hydroxyl groups is 2. The summed E-state index contributed by atoms with van der Waals surface area (Å²) in [7, 11) is 0. The van der Waals surface area contributed by atoms with E-state index in [2.05, 4.69) is 49.4 Å². The van der Waals surface area contributed by atoms with E-state index in [1.54, 1.807) is 6.08 Å². The van der Waals surface area contributed by atoms with E-state index in [-0.39, 0.29) is 6.61 Å². The second kappa shape index (κ2) is 7.21. The normalized spacial score (nSPS) is 26.9. The van der Waals surface area contributed by atoms with E-state index < -0.39 is 18.0 Å². The molecule has 0 saturated heterocycles. The molecule has 2 aliphatic rings. The second-order valence-electron chi connectivity index (χ2n) is 7.44. The van der Waals surface area contributed by atoms with Crippen LogP contribution in [0.3, 0.4) is 0 Å². The summed E-state index contributed by atoms with van der Waals surface area (Å²) in [5.74, 6) is -1.23. The minimum atomic E-state index is -1.23. The molecule has 1 unspecified atom stereocenters. The first kappa shape index (κ1) is 18.4. The molecule has 2 aromatic carbocycles. The number of ether oxygens (including phenoxy) is 2. The number of hydrogen-bond donors (Lipinski definition) is 2. The van der Waals surface area contributed by atoms with Gasteiger partial charge in [-0.1, -0.05) is 43.3 Å². The van der Waals surface area contributed by atoms with Crippen molar-refractivity contribution in [2.75, 3.05) is 6.61 Å². The Bertz CT molecular complexity index is 855. The van der Waals surface area contributed by atoms with Gasteiger partial charge in [-0.05, 0) is 59.7 Å². The quantitative estimate of drug-likeness (QED) is 0.816. The molecule has 1 spiro atoms. The average Bonchev–Trinajstić information content (AvgIpc) is 3.04. The van der Waals surface area contributed by atoms with Crippen LogP contribution in [0.25, 0.3) is 0 Å². The summed E-state index contributed by atoms with van der Waals surface area (Å²) in [5, 5.41) is 20.3. The summed E-state index contributed by atoms with van der Waals surface area (Å²) in [6, 6.07) is 14.9. The molecule has 2 heterocycles. The van der Waals surface area contributed by atoms with Crippen molar-refractivity contribution in [3.63, 3.8) is 0 Å². The van der Waals surface area contributed by atoms with Gasteiger partial charge >= 0.3 is 0 Å². The van der Waals surface area contributed by atoms with Crippen LogP contribution < -0.4 is 0 Å². The lowest BCUT2D eigenvalue weighted by Gasteiger charge is -2.40. The third-order valence-electron chi connectivity index (χ3n) is 5.63.